The quantitative estimate of drug-likeness (QED) is 0.734. The molecular weight excluding hydrogens is 214 g/mol. The summed E-state index contributed by atoms with van der Waals surface area (Å²) in [6, 6.07) is 0. The van der Waals surface area contributed by atoms with Gasteiger partial charge in [0.15, 0.2) is 0 Å². The van der Waals surface area contributed by atoms with Gasteiger partial charge in [0.2, 0.25) is 0 Å². The maximum absolute atomic E-state index is 5.32. The normalized spacial score (nSPS) is 10.8. The zero-order valence-electron chi connectivity index (χ0n) is 11.3. The Morgan fingerprint density at radius 2 is 1.76 bits per heavy atom. The minimum atomic E-state index is 0.696. The van der Waals surface area contributed by atoms with E-state index in [1.165, 1.54) is 5.56 Å². The van der Waals surface area contributed by atoms with Gasteiger partial charge < -0.3 is 10.1 Å². The molecule has 0 aromatic carbocycles. The zero-order valence-corrected chi connectivity index (χ0v) is 11.3. The van der Waals surface area contributed by atoms with E-state index in [-0.39, 0.29) is 0 Å². The van der Waals surface area contributed by atoms with Crippen molar-refractivity contribution in [2.45, 2.75) is 40.7 Å². The molecule has 0 aliphatic heterocycles. The molecule has 0 spiro atoms. The van der Waals surface area contributed by atoms with Crippen LogP contribution in [0.3, 0.4) is 0 Å². The van der Waals surface area contributed by atoms with Gasteiger partial charge in [0.1, 0.15) is 5.82 Å². The molecule has 0 amide bonds. The van der Waals surface area contributed by atoms with E-state index in [0.717, 1.165) is 43.3 Å². The van der Waals surface area contributed by atoms with Crippen molar-refractivity contribution < 1.29 is 4.74 Å². The van der Waals surface area contributed by atoms with E-state index in [9.17, 15) is 0 Å². The summed E-state index contributed by atoms with van der Waals surface area (Å²) >= 11 is 0. The summed E-state index contributed by atoms with van der Waals surface area (Å²) in [5.41, 5.74) is 3.36. The van der Waals surface area contributed by atoms with Gasteiger partial charge in [0.25, 0.3) is 0 Å². The van der Waals surface area contributed by atoms with Crippen molar-refractivity contribution in [3.63, 3.8) is 0 Å². The topological polar surface area (TPSA) is 47.0 Å². The van der Waals surface area contributed by atoms with Crippen LogP contribution < -0.4 is 5.32 Å². The maximum Gasteiger partial charge on any atom is 0.131 e. The Labute approximate surface area is 104 Å². The molecule has 0 radical (unpaired) electrons. The van der Waals surface area contributed by atoms with Crippen molar-refractivity contribution in [2.75, 3.05) is 19.8 Å². The molecule has 1 aromatic heterocycles. The molecule has 96 valence electrons. The van der Waals surface area contributed by atoms with Crippen molar-refractivity contribution in [2.24, 2.45) is 0 Å². The molecule has 1 heterocycles. The van der Waals surface area contributed by atoms with Crippen molar-refractivity contribution in [3.8, 4) is 0 Å². The summed E-state index contributed by atoms with van der Waals surface area (Å²) in [6.07, 6.45) is 0.789. The molecule has 0 fully saturated rings. The van der Waals surface area contributed by atoms with Gasteiger partial charge in [-0.15, -0.1) is 0 Å². The summed E-state index contributed by atoms with van der Waals surface area (Å²) in [5, 5.41) is 3.31. The largest absolute Gasteiger partial charge is 0.381 e. The fourth-order valence-corrected chi connectivity index (χ4v) is 1.73. The molecule has 1 rings (SSSR count). The third kappa shape index (κ3) is 4.40. The molecule has 0 saturated heterocycles. The standard InChI is InChI=1S/C13H23N3O/c1-5-14-9-12-10(3)15-13(16-11(12)4)7-8-17-6-2/h14H,5-9H2,1-4H3. The van der Waals surface area contributed by atoms with Crippen LogP contribution in [0.25, 0.3) is 0 Å². The van der Waals surface area contributed by atoms with Crippen LogP contribution in [0, 0.1) is 13.8 Å². The van der Waals surface area contributed by atoms with Crippen LogP contribution >= 0.6 is 0 Å². The van der Waals surface area contributed by atoms with E-state index in [0.29, 0.717) is 6.61 Å². The lowest BCUT2D eigenvalue weighted by atomic mass is 10.1. The lowest BCUT2D eigenvalue weighted by Gasteiger charge is -2.11. The second-order valence-corrected chi connectivity index (χ2v) is 4.02. The highest BCUT2D eigenvalue weighted by molar-refractivity contribution is 5.24. The number of rotatable bonds is 7. The van der Waals surface area contributed by atoms with Gasteiger partial charge in [0.05, 0.1) is 6.61 Å². The summed E-state index contributed by atoms with van der Waals surface area (Å²) in [5.74, 6) is 0.883. The second kappa shape index (κ2) is 7.35. The van der Waals surface area contributed by atoms with E-state index in [2.05, 4.69) is 22.2 Å². The molecule has 0 unspecified atom stereocenters. The molecule has 4 nitrogen and oxygen atoms in total. The van der Waals surface area contributed by atoms with Gasteiger partial charge in [-0.1, -0.05) is 6.92 Å². The van der Waals surface area contributed by atoms with Gasteiger partial charge in [-0.25, -0.2) is 9.97 Å². The Balaban J connectivity index is 2.71. The molecule has 1 aromatic rings. The molecule has 1 N–H and O–H groups in total. The van der Waals surface area contributed by atoms with Gasteiger partial charge in [0, 0.05) is 36.5 Å². The Hall–Kier alpha value is -1.00. The predicted octanol–water partition coefficient (Wildman–Crippen LogP) is 1.78. The van der Waals surface area contributed by atoms with Crippen LogP contribution in [-0.4, -0.2) is 29.7 Å². The van der Waals surface area contributed by atoms with E-state index in [1.807, 2.05) is 20.8 Å². The second-order valence-electron chi connectivity index (χ2n) is 4.02. The zero-order chi connectivity index (χ0) is 12.7. The summed E-state index contributed by atoms with van der Waals surface area (Å²) in [6.45, 7) is 11.4. The first-order valence-electron chi connectivity index (χ1n) is 6.30. The summed E-state index contributed by atoms with van der Waals surface area (Å²) in [4.78, 5) is 9.06. The molecular formula is C13H23N3O. The average Bonchev–Trinajstić information content (AvgIpc) is 2.28. The molecule has 4 heteroatoms. The van der Waals surface area contributed by atoms with Gasteiger partial charge >= 0.3 is 0 Å². The van der Waals surface area contributed by atoms with Crippen LogP contribution in [0.15, 0.2) is 0 Å². The number of nitrogens with zero attached hydrogens (tertiary/aromatic N) is 2. The number of aryl methyl sites for hydroxylation is 2. The van der Waals surface area contributed by atoms with E-state index in [1.54, 1.807) is 0 Å². The van der Waals surface area contributed by atoms with E-state index >= 15 is 0 Å². The first-order chi connectivity index (χ1) is 8.19. The predicted molar refractivity (Wildman–Crippen MR) is 69.1 cm³/mol. The number of ether oxygens (including phenoxy) is 1. The molecule has 0 bridgehead atoms. The van der Waals surface area contributed by atoms with Crippen LogP contribution in [0.2, 0.25) is 0 Å². The monoisotopic (exact) mass is 237 g/mol. The Bertz CT molecular complexity index is 330. The van der Waals surface area contributed by atoms with E-state index in [4.69, 9.17) is 4.74 Å². The molecule has 0 aliphatic rings. The van der Waals surface area contributed by atoms with Gasteiger partial charge in [-0.2, -0.15) is 0 Å². The van der Waals surface area contributed by atoms with Crippen LogP contribution in [-0.2, 0) is 17.7 Å². The Kier molecular flexibility index (Phi) is 6.08. The molecule has 0 atom stereocenters. The maximum atomic E-state index is 5.32. The average molecular weight is 237 g/mol. The Morgan fingerprint density at radius 1 is 1.12 bits per heavy atom. The third-order valence-corrected chi connectivity index (χ3v) is 2.69. The van der Waals surface area contributed by atoms with Crippen molar-refractivity contribution in [1.29, 1.82) is 0 Å². The van der Waals surface area contributed by atoms with Crippen molar-refractivity contribution >= 4 is 0 Å². The summed E-state index contributed by atoms with van der Waals surface area (Å²) in [7, 11) is 0. The number of aromatic nitrogens is 2. The minimum absolute atomic E-state index is 0.696. The van der Waals surface area contributed by atoms with Crippen LogP contribution in [0.5, 0.6) is 0 Å². The number of hydrogen-bond acceptors (Lipinski definition) is 4. The van der Waals surface area contributed by atoms with Crippen molar-refractivity contribution in [1.82, 2.24) is 15.3 Å². The first-order valence-corrected chi connectivity index (χ1v) is 6.30. The lowest BCUT2D eigenvalue weighted by molar-refractivity contribution is 0.149. The smallest absolute Gasteiger partial charge is 0.131 e. The number of hydrogen-bond donors (Lipinski definition) is 1. The fraction of sp³-hybridized carbons (Fsp3) is 0.692. The lowest BCUT2D eigenvalue weighted by Crippen LogP contribution is -2.16. The molecule has 0 aliphatic carbocycles. The minimum Gasteiger partial charge on any atom is -0.381 e. The third-order valence-electron chi connectivity index (χ3n) is 2.69. The van der Waals surface area contributed by atoms with Crippen molar-refractivity contribution in [3.05, 3.63) is 22.8 Å². The van der Waals surface area contributed by atoms with Gasteiger partial charge in [-0.05, 0) is 27.3 Å². The highest BCUT2D eigenvalue weighted by Gasteiger charge is 2.07. The Morgan fingerprint density at radius 3 is 2.29 bits per heavy atom. The van der Waals surface area contributed by atoms with E-state index < -0.39 is 0 Å². The highest BCUT2D eigenvalue weighted by Crippen LogP contribution is 2.10. The fourth-order valence-electron chi connectivity index (χ4n) is 1.73. The number of nitrogens with one attached hydrogen (secondary N) is 1. The first kappa shape index (κ1) is 14.1. The molecule has 17 heavy (non-hydrogen) atoms. The summed E-state index contributed by atoms with van der Waals surface area (Å²) < 4.78 is 5.32. The van der Waals surface area contributed by atoms with Crippen LogP contribution in [0.4, 0.5) is 0 Å². The SMILES string of the molecule is CCNCc1c(C)nc(CCOCC)nc1C. The highest BCUT2D eigenvalue weighted by atomic mass is 16.5. The van der Waals surface area contributed by atoms with Crippen LogP contribution in [0.1, 0.15) is 36.6 Å². The molecule has 0 saturated carbocycles. The van der Waals surface area contributed by atoms with Gasteiger partial charge in [-0.3, -0.25) is 0 Å².